The number of hydrogen-bond donors (Lipinski definition) is 1. The molecule has 1 amide bonds. The van der Waals surface area contributed by atoms with Crippen molar-refractivity contribution >= 4 is 33.0 Å². The van der Waals surface area contributed by atoms with Crippen molar-refractivity contribution in [1.82, 2.24) is 0 Å². The number of carbonyl (C=O) groups excluding carboxylic acids is 1. The summed E-state index contributed by atoms with van der Waals surface area (Å²) in [5.41, 5.74) is 4.90. The van der Waals surface area contributed by atoms with E-state index < -0.39 is 16.2 Å². The summed E-state index contributed by atoms with van der Waals surface area (Å²) in [6.45, 7) is 4.82. The van der Waals surface area contributed by atoms with Crippen molar-refractivity contribution in [2.75, 3.05) is 28.2 Å². The third-order valence-electron chi connectivity index (χ3n) is 7.92. The minimum atomic E-state index is -4.00. The van der Waals surface area contributed by atoms with Crippen molar-refractivity contribution in [3.63, 3.8) is 0 Å². The fraction of sp³-hybridized carbons (Fsp3) is 0.162. The molecule has 0 aliphatic carbocycles. The average molecular weight is 634 g/mol. The van der Waals surface area contributed by atoms with Crippen molar-refractivity contribution in [3.8, 4) is 11.5 Å². The number of aryl methyl sites for hydroxylation is 1. The fourth-order valence-electron chi connectivity index (χ4n) is 5.64. The van der Waals surface area contributed by atoms with Gasteiger partial charge >= 0.3 is 0 Å². The zero-order valence-corrected chi connectivity index (χ0v) is 26.7. The van der Waals surface area contributed by atoms with Gasteiger partial charge in [0.05, 0.1) is 29.9 Å². The third kappa shape index (κ3) is 6.27. The second kappa shape index (κ2) is 13.0. The summed E-state index contributed by atoms with van der Waals surface area (Å²) in [5, 5.41) is 0. The molecule has 0 saturated carbocycles. The highest BCUT2D eigenvalue weighted by Crippen LogP contribution is 2.43. The van der Waals surface area contributed by atoms with Gasteiger partial charge in [0.25, 0.3) is 15.9 Å². The van der Waals surface area contributed by atoms with Gasteiger partial charge < -0.3 is 14.4 Å². The number of fused-ring (bicyclic) bond motifs is 1. The summed E-state index contributed by atoms with van der Waals surface area (Å²) in [6, 6.07) is 36.9. The minimum absolute atomic E-state index is 0.00521. The Morgan fingerprint density at radius 3 is 2.13 bits per heavy atom. The SMILES string of the molecule is CCOc1ccc(N2C(=O)c3cc(S(=O)(=O)Nc4ccc(C)cc4)ccc3N(Cc3ccccc3)[C@H]2c2ccc(OC)cc2)cc1. The lowest BCUT2D eigenvalue weighted by molar-refractivity contribution is 0.0968. The van der Waals surface area contributed by atoms with Gasteiger partial charge in [0.2, 0.25) is 0 Å². The van der Waals surface area contributed by atoms with Crippen molar-refractivity contribution < 1.29 is 22.7 Å². The van der Waals surface area contributed by atoms with Crippen LogP contribution in [-0.4, -0.2) is 28.0 Å². The molecule has 9 heteroatoms. The number of nitrogens with one attached hydrogen (secondary N) is 1. The van der Waals surface area contributed by atoms with Crippen LogP contribution in [0.4, 0.5) is 17.1 Å². The van der Waals surface area contributed by atoms with E-state index in [1.807, 2.05) is 105 Å². The molecular formula is C37H35N3O5S. The monoisotopic (exact) mass is 633 g/mol. The Morgan fingerprint density at radius 2 is 1.48 bits per heavy atom. The zero-order valence-electron chi connectivity index (χ0n) is 25.9. The molecule has 6 rings (SSSR count). The zero-order chi connectivity index (χ0) is 32.3. The number of nitrogens with zero attached hydrogens (tertiary/aromatic N) is 2. The van der Waals surface area contributed by atoms with Crippen LogP contribution in [0.3, 0.4) is 0 Å². The molecule has 46 heavy (non-hydrogen) atoms. The van der Waals surface area contributed by atoms with Gasteiger partial charge in [0.1, 0.15) is 17.7 Å². The maximum absolute atomic E-state index is 14.6. The summed E-state index contributed by atoms with van der Waals surface area (Å²) in [4.78, 5) is 18.5. The first-order valence-corrected chi connectivity index (χ1v) is 16.5. The van der Waals surface area contributed by atoms with Crippen LogP contribution < -0.4 is 24.0 Å². The first-order valence-electron chi connectivity index (χ1n) is 15.0. The predicted octanol–water partition coefficient (Wildman–Crippen LogP) is 7.57. The summed E-state index contributed by atoms with van der Waals surface area (Å²) >= 11 is 0. The maximum atomic E-state index is 14.6. The van der Waals surface area contributed by atoms with E-state index in [1.165, 1.54) is 6.07 Å². The van der Waals surface area contributed by atoms with E-state index in [4.69, 9.17) is 9.47 Å². The molecule has 0 fully saturated rings. The Labute approximate surface area is 269 Å². The van der Waals surface area contributed by atoms with Gasteiger partial charge in [-0.2, -0.15) is 0 Å². The molecule has 1 N–H and O–H groups in total. The number of ether oxygens (including phenoxy) is 2. The lowest BCUT2D eigenvalue weighted by Crippen LogP contribution is -2.49. The highest BCUT2D eigenvalue weighted by Gasteiger charge is 2.40. The highest BCUT2D eigenvalue weighted by atomic mass is 32.2. The van der Waals surface area contributed by atoms with Gasteiger partial charge in [-0.15, -0.1) is 0 Å². The Balaban J connectivity index is 1.51. The summed E-state index contributed by atoms with van der Waals surface area (Å²) in [6.07, 6.45) is -0.558. The van der Waals surface area contributed by atoms with Gasteiger partial charge in [-0.1, -0.05) is 60.2 Å². The van der Waals surface area contributed by atoms with E-state index in [-0.39, 0.29) is 16.4 Å². The Morgan fingerprint density at radius 1 is 0.804 bits per heavy atom. The molecule has 8 nitrogen and oxygen atoms in total. The van der Waals surface area contributed by atoms with Crippen LogP contribution in [0.15, 0.2) is 126 Å². The number of amides is 1. The van der Waals surface area contributed by atoms with Crippen molar-refractivity contribution in [2.45, 2.75) is 31.5 Å². The topological polar surface area (TPSA) is 88.2 Å². The average Bonchev–Trinajstić information content (AvgIpc) is 3.08. The Bertz CT molecular complexity index is 1930. The summed E-state index contributed by atoms with van der Waals surface area (Å²) < 4.78 is 40.9. The predicted molar refractivity (Wildman–Crippen MR) is 181 cm³/mol. The van der Waals surface area contributed by atoms with Crippen LogP contribution in [0.1, 0.15) is 40.1 Å². The largest absolute Gasteiger partial charge is 0.497 e. The number of methoxy groups -OCH3 is 1. The molecule has 0 spiro atoms. The fourth-order valence-corrected chi connectivity index (χ4v) is 6.72. The molecule has 234 valence electrons. The van der Waals surface area contributed by atoms with Crippen molar-refractivity contribution in [3.05, 3.63) is 144 Å². The van der Waals surface area contributed by atoms with E-state index in [1.54, 1.807) is 36.3 Å². The molecular weight excluding hydrogens is 598 g/mol. The van der Waals surface area contributed by atoms with Gasteiger partial charge in [-0.3, -0.25) is 14.4 Å². The lowest BCUT2D eigenvalue weighted by atomic mass is 9.99. The molecule has 1 aliphatic heterocycles. The molecule has 5 aromatic rings. The second-order valence-electron chi connectivity index (χ2n) is 11.0. The number of carbonyl (C=O) groups is 1. The highest BCUT2D eigenvalue weighted by molar-refractivity contribution is 7.92. The van der Waals surface area contributed by atoms with E-state index in [2.05, 4.69) is 9.62 Å². The first kappa shape index (κ1) is 30.7. The van der Waals surface area contributed by atoms with E-state index in [0.29, 0.717) is 41.7 Å². The van der Waals surface area contributed by atoms with Crippen LogP contribution in [0.5, 0.6) is 11.5 Å². The molecule has 0 saturated heterocycles. The van der Waals surface area contributed by atoms with E-state index in [9.17, 15) is 13.2 Å². The van der Waals surface area contributed by atoms with Gasteiger partial charge in [-0.25, -0.2) is 8.42 Å². The normalized spacial score (nSPS) is 14.5. The maximum Gasteiger partial charge on any atom is 0.262 e. The van der Waals surface area contributed by atoms with E-state index >= 15 is 0 Å². The molecule has 0 bridgehead atoms. The molecule has 0 aromatic heterocycles. The van der Waals surface area contributed by atoms with Crippen LogP contribution in [-0.2, 0) is 16.6 Å². The van der Waals surface area contributed by atoms with Gasteiger partial charge in [0.15, 0.2) is 0 Å². The Kier molecular flexibility index (Phi) is 8.68. The molecule has 0 radical (unpaired) electrons. The molecule has 1 aliphatic rings. The van der Waals surface area contributed by atoms with Crippen molar-refractivity contribution in [2.24, 2.45) is 0 Å². The number of sulfonamides is 1. The minimum Gasteiger partial charge on any atom is -0.497 e. The third-order valence-corrected chi connectivity index (χ3v) is 9.30. The van der Waals surface area contributed by atoms with Crippen LogP contribution in [0.2, 0.25) is 0 Å². The number of hydrogen-bond acceptors (Lipinski definition) is 6. The first-order chi connectivity index (χ1) is 22.3. The van der Waals surface area contributed by atoms with Crippen LogP contribution in [0.25, 0.3) is 0 Å². The van der Waals surface area contributed by atoms with Crippen LogP contribution in [0, 0.1) is 6.92 Å². The molecule has 1 atom stereocenters. The smallest absolute Gasteiger partial charge is 0.262 e. The Hall–Kier alpha value is -5.28. The number of rotatable bonds is 10. The summed E-state index contributed by atoms with van der Waals surface area (Å²) in [7, 11) is -2.38. The molecule has 0 unspecified atom stereocenters. The second-order valence-corrected chi connectivity index (χ2v) is 12.7. The summed E-state index contributed by atoms with van der Waals surface area (Å²) in [5.74, 6) is 1.06. The standard InChI is InChI=1S/C37H35N3O5S/c1-4-45-32-20-16-30(17-21-32)40-36(28-12-18-31(44-3)19-13-28)39(25-27-8-6-5-7-9-27)35-23-22-33(24-34(35)37(40)41)46(42,43)38-29-14-10-26(2)11-15-29/h5-24,36,38H,4,25H2,1-3H3/t36-/m1/s1. The lowest BCUT2D eigenvalue weighted by Gasteiger charge is -2.46. The molecule has 5 aromatic carbocycles. The van der Waals surface area contributed by atoms with Gasteiger partial charge in [-0.05, 0) is 91.7 Å². The van der Waals surface area contributed by atoms with Crippen LogP contribution >= 0.6 is 0 Å². The number of anilines is 3. The molecule has 1 heterocycles. The van der Waals surface area contributed by atoms with E-state index in [0.717, 1.165) is 16.7 Å². The van der Waals surface area contributed by atoms with Gasteiger partial charge in [0, 0.05) is 17.9 Å². The number of benzene rings is 5. The quantitative estimate of drug-likeness (QED) is 0.171. The van der Waals surface area contributed by atoms with Crippen molar-refractivity contribution in [1.29, 1.82) is 0 Å².